The van der Waals surface area contributed by atoms with Gasteiger partial charge in [-0.1, -0.05) is 25.0 Å². The average Bonchev–Trinajstić information content (AvgIpc) is 3.09. The van der Waals surface area contributed by atoms with Crippen molar-refractivity contribution in [2.75, 3.05) is 25.5 Å². The molecule has 1 N–H and O–H groups in total. The quantitative estimate of drug-likeness (QED) is 0.738. The van der Waals surface area contributed by atoms with E-state index in [0.29, 0.717) is 0 Å². The van der Waals surface area contributed by atoms with Crippen LogP contribution in [0.1, 0.15) is 24.8 Å². The van der Waals surface area contributed by atoms with E-state index in [1.54, 1.807) is 0 Å². The Morgan fingerprint density at radius 2 is 1.88 bits per heavy atom. The lowest BCUT2D eigenvalue weighted by atomic mass is 10.2. The molecule has 88 valence electrons. The first-order chi connectivity index (χ1) is 7.75. The molecule has 1 aliphatic carbocycles. The zero-order valence-electron chi connectivity index (χ0n) is 10.4. The highest BCUT2D eigenvalue weighted by Crippen LogP contribution is 2.31. The molecule has 1 aromatic rings. The summed E-state index contributed by atoms with van der Waals surface area (Å²) in [5, 5.41) is 3.51. The van der Waals surface area contributed by atoms with Gasteiger partial charge in [-0.25, -0.2) is 0 Å². The van der Waals surface area contributed by atoms with Crippen LogP contribution in [0.3, 0.4) is 0 Å². The van der Waals surface area contributed by atoms with Crippen LogP contribution < -0.4 is 10.2 Å². The Hall–Kier alpha value is -1.02. The van der Waals surface area contributed by atoms with Crippen molar-refractivity contribution in [3.05, 3.63) is 29.8 Å². The lowest BCUT2D eigenvalue weighted by Crippen LogP contribution is -2.15. The molecule has 1 fully saturated rings. The van der Waals surface area contributed by atoms with E-state index in [0.717, 1.165) is 12.5 Å². The standard InChI is InChI=1S/C14H22N2/c1-16(2)14-7-5-13(6-8-14)11-15-10-9-12-3-4-12/h5-8,12,15H,3-4,9-11H2,1-2H3. The van der Waals surface area contributed by atoms with Crippen LogP contribution in [0.15, 0.2) is 24.3 Å². The normalized spacial score (nSPS) is 15.1. The van der Waals surface area contributed by atoms with Gasteiger partial charge in [0.05, 0.1) is 0 Å². The minimum Gasteiger partial charge on any atom is -0.378 e. The summed E-state index contributed by atoms with van der Waals surface area (Å²) in [5.41, 5.74) is 2.64. The third kappa shape index (κ3) is 3.53. The number of hydrogen-bond acceptors (Lipinski definition) is 2. The maximum Gasteiger partial charge on any atom is 0.0361 e. The van der Waals surface area contributed by atoms with Crippen molar-refractivity contribution in [3.8, 4) is 0 Å². The average molecular weight is 218 g/mol. The Labute approximate surface area is 98.7 Å². The summed E-state index contributed by atoms with van der Waals surface area (Å²) in [7, 11) is 4.14. The van der Waals surface area contributed by atoms with Gasteiger partial charge in [0.15, 0.2) is 0 Å². The molecule has 0 aliphatic heterocycles. The molecule has 0 spiro atoms. The Balaban J connectivity index is 1.71. The van der Waals surface area contributed by atoms with Gasteiger partial charge < -0.3 is 10.2 Å². The third-order valence-corrected chi connectivity index (χ3v) is 3.21. The van der Waals surface area contributed by atoms with Crippen LogP contribution in [0.25, 0.3) is 0 Å². The second kappa shape index (κ2) is 5.35. The maximum absolute atomic E-state index is 3.51. The summed E-state index contributed by atoms with van der Waals surface area (Å²) in [5.74, 6) is 1.03. The highest BCUT2D eigenvalue weighted by Gasteiger charge is 2.19. The molecule has 1 aliphatic rings. The molecule has 0 bridgehead atoms. The Morgan fingerprint density at radius 1 is 1.19 bits per heavy atom. The van der Waals surface area contributed by atoms with Gasteiger partial charge in [-0.05, 0) is 36.6 Å². The molecule has 1 aromatic carbocycles. The summed E-state index contributed by atoms with van der Waals surface area (Å²) >= 11 is 0. The van der Waals surface area contributed by atoms with E-state index in [2.05, 4.69) is 48.6 Å². The Morgan fingerprint density at radius 3 is 2.44 bits per heavy atom. The van der Waals surface area contributed by atoms with Crippen LogP contribution >= 0.6 is 0 Å². The molecule has 0 heterocycles. The second-order valence-corrected chi connectivity index (χ2v) is 4.97. The zero-order valence-corrected chi connectivity index (χ0v) is 10.4. The Kier molecular flexibility index (Phi) is 3.83. The molecule has 0 aromatic heterocycles. The highest BCUT2D eigenvalue weighted by molar-refractivity contribution is 5.45. The summed E-state index contributed by atoms with van der Waals surface area (Å²) < 4.78 is 0. The fourth-order valence-corrected chi connectivity index (χ4v) is 1.86. The van der Waals surface area contributed by atoms with Gasteiger partial charge in [0.25, 0.3) is 0 Å². The van der Waals surface area contributed by atoms with Gasteiger partial charge in [0.1, 0.15) is 0 Å². The van der Waals surface area contributed by atoms with E-state index < -0.39 is 0 Å². The van der Waals surface area contributed by atoms with Crippen LogP contribution in [0.4, 0.5) is 5.69 Å². The first-order valence-corrected chi connectivity index (χ1v) is 6.22. The molecule has 2 nitrogen and oxygen atoms in total. The van der Waals surface area contributed by atoms with E-state index in [-0.39, 0.29) is 0 Å². The summed E-state index contributed by atoms with van der Waals surface area (Å²) in [6.07, 6.45) is 4.27. The van der Waals surface area contributed by atoms with Crippen LogP contribution in [-0.4, -0.2) is 20.6 Å². The molecule has 0 radical (unpaired) electrons. The zero-order chi connectivity index (χ0) is 11.4. The lowest BCUT2D eigenvalue weighted by molar-refractivity contribution is 0.613. The number of nitrogens with zero attached hydrogens (tertiary/aromatic N) is 1. The van der Waals surface area contributed by atoms with Crippen molar-refractivity contribution in [2.45, 2.75) is 25.8 Å². The maximum atomic E-state index is 3.51. The van der Waals surface area contributed by atoms with E-state index in [1.165, 1.54) is 37.1 Å². The molecular formula is C14H22N2. The number of rotatable bonds is 6. The first-order valence-electron chi connectivity index (χ1n) is 6.22. The van der Waals surface area contributed by atoms with Crippen LogP contribution in [-0.2, 0) is 6.54 Å². The van der Waals surface area contributed by atoms with Crippen molar-refractivity contribution in [1.82, 2.24) is 5.32 Å². The predicted octanol–water partition coefficient (Wildman–Crippen LogP) is 2.64. The minimum absolute atomic E-state index is 1.00. The van der Waals surface area contributed by atoms with Crippen molar-refractivity contribution >= 4 is 5.69 Å². The molecule has 16 heavy (non-hydrogen) atoms. The monoisotopic (exact) mass is 218 g/mol. The molecule has 2 rings (SSSR count). The fraction of sp³-hybridized carbons (Fsp3) is 0.571. The molecule has 1 saturated carbocycles. The summed E-state index contributed by atoms with van der Waals surface area (Å²) in [6.45, 7) is 2.17. The van der Waals surface area contributed by atoms with E-state index in [1.807, 2.05) is 0 Å². The number of benzene rings is 1. The number of anilines is 1. The van der Waals surface area contributed by atoms with Gasteiger partial charge in [-0.15, -0.1) is 0 Å². The number of nitrogens with one attached hydrogen (secondary N) is 1. The Bertz CT molecular complexity index is 312. The molecule has 0 saturated heterocycles. The topological polar surface area (TPSA) is 15.3 Å². The van der Waals surface area contributed by atoms with E-state index >= 15 is 0 Å². The number of hydrogen-bond donors (Lipinski definition) is 1. The second-order valence-electron chi connectivity index (χ2n) is 4.97. The summed E-state index contributed by atoms with van der Waals surface area (Å²) in [6, 6.07) is 8.77. The van der Waals surface area contributed by atoms with Gasteiger partial charge in [-0.3, -0.25) is 0 Å². The van der Waals surface area contributed by atoms with Gasteiger partial charge in [0.2, 0.25) is 0 Å². The molecule has 0 amide bonds. The van der Waals surface area contributed by atoms with Gasteiger partial charge >= 0.3 is 0 Å². The van der Waals surface area contributed by atoms with Crippen molar-refractivity contribution in [3.63, 3.8) is 0 Å². The van der Waals surface area contributed by atoms with E-state index in [9.17, 15) is 0 Å². The fourth-order valence-electron chi connectivity index (χ4n) is 1.86. The summed E-state index contributed by atoms with van der Waals surface area (Å²) in [4.78, 5) is 2.13. The SMILES string of the molecule is CN(C)c1ccc(CNCCC2CC2)cc1. The minimum atomic E-state index is 1.00. The van der Waals surface area contributed by atoms with Crippen LogP contribution in [0, 0.1) is 5.92 Å². The lowest BCUT2D eigenvalue weighted by Gasteiger charge is -2.12. The molecule has 0 unspecified atom stereocenters. The molecule has 2 heteroatoms. The third-order valence-electron chi connectivity index (χ3n) is 3.21. The van der Waals surface area contributed by atoms with Crippen LogP contribution in [0.5, 0.6) is 0 Å². The largest absolute Gasteiger partial charge is 0.378 e. The first kappa shape index (κ1) is 11.5. The molecule has 0 atom stereocenters. The highest BCUT2D eigenvalue weighted by atomic mass is 15.1. The van der Waals surface area contributed by atoms with Crippen LogP contribution in [0.2, 0.25) is 0 Å². The smallest absolute Gasteiger partial charge is 0.0361 e. The van der Waals surface area contributed by atoms with E-state index in [4.69, 9.17) is 0 Å². The van der Waals surface area contributed by atoms with Crippen molar-refractivity contribution in [1.29, 1.82) is 0 Å². The van der Waals surface area contributed by atoms with Gasteiger partial charge in [0, 0.05) is 26.3 Å². The van der Waals surface area contributed by atoms with Crippen molar-refractivity contribution < 1.29 is 0 Å². The van der Waals surface area contributed by atoms with Crippen molar-refractivity contribution in [2.24, 2.45) is 5.92 Å². The van der Waals surface area contributed by atoms with Gasteiger partial charge in [-0.2, -0.15) is 0 Å². The predicted molar refractivity (Wildman–Crippen MR) is 69.8 cm³/mol. The molecular weight excluding hydrogens is 196 g/mol.